The molecule has 1 aliphatic rings. The van der Waals surface area contributed by atoms with Crippen LogP contribution in [0.1, 0.15) is 30.0 Å². The Labute approximate surface area is 133 Å². The molecule has 0 aromatic heterocycles. The second-order valence-corrected chi connectivity index (χ2v) is 5.81. The molecule has 3 nitrogen and oxygen atoms in total. The highest BCUT2D eigenvalue weighted by atomic mass is 35.5. The second kappa shape index (κ2) is 7.64. The van der Waals surface area contributed by atoms with Crippen molar-refractivity contribution in [2.75, 3.05) is 32.8 Å². The van der Waals surface area contributed by atoms with E-state index < -0.39 is 11.7 Å². The molecule has 124 valence electrons. The number of halogens is 4. The third-order valence-electron chi connectivity index (χ3n) is 3.91. The lowest BCUT2D eigenvalue weighted by molar-refractivity contribution is -0.137. The lowest BCUT2D eigenvalue weighted by Gasteiger charge is -2.36. The van der Waals surface area contributed by atoms with Gasteiger partial charge < -0.3 is 10.4 Å². The number of benzene rings is 1. The molecule has 2 N–H and O–H groups in total. The Morgan fingerprint density at radius 3 is 2.55 bits per heavy atom. The van der Waals surface area contributed by atoms with Gasteiger partial charge >= 0.3 is 6.18 Å². The van der Waals surface area contributed by atoms with Crippen LogP contribution in [0.25, 0.3) is 0 Å². The maximum absolute atomic E-state index is 13.0. The average Bonchev–Trinajstić information content (AvgIpc) is 2.49. The Bertz CT molecular complexity index is 490. The SMILES string of the molecule is OCCC[C@H](c1cc(C(F)(F)F)ccc1Cl)N1CCNCC1. The lowest BCUT2D eigenvalue weighted by Crippen LogP contribution is -2.45. The molecular formula is C15H20ClF3N2O. The summed E-state index contributed by atoms with van der Waals surface area (Å²) in [5.41, 5.74) is -0.192. The fraction of sp³-hybridized carbons (Fsp3) is 0.600. The summed E-state index contributed by atoms with van der Waals surface area (Å²) in [5, 5.41) is 12.6. The van der Waals surface area contributed by atoms with Crippen molar-refractivity contribution < 1.29 is 18.3 Å². The van der Waals surface area contributed by atoms with Crippen molar-refractivity contribution in [2.24, 2.45) is 0 Å². The highest BCUT2D eigenvalue weighted by Crippen LogP contribution is 2.37. The molecule has 1 aliphatic heterocycles. The predicted octanol–water partition coefficient (Wildman–Crippen LogP) is 3.08. The number of piperazine rings is 1. The van der Waals surface area contributed by atoms with Gasteiger partial charge in [-0.25, -0.2) is 0 Å². The van der Waals surface area contributed by atoms with Gasteiger partial charge in [0, 0.05) is 43.9 Å². The molecular weight excluding hydrogens is 317 g/mol. The van der Waals surface area contributed by atoms with Gasteiger partial charge in [-0.1, -0.05) is 11.6 Å². The fourth-order valence-electron chi connectivity index (χ4n) is 2.79. The van der Waals surface area contributed by atoms with E-state index in [2.05, 4.69) is 10.2 Å². The Hall–Kier alpha value is -0.820. The zero-order valence-corrected chi connectivity index (χ0v) is 12.9. The predicted molar refractivity (Wildman–Crippen MR) is 80.0 cm³/mol. The van der Waals surface area contributed by atoms with Crippen molar-refractivity contribution in [1.29, 1.82) is 0 Å². The van der Waals surface area contributed by atoms with Crippen LogP contribution in [-0.2, 0) is 6.18 Å². The summed E-state index contributed by atoms with van der Waals surface area (Å²) < 4.78 is 38.9. The van der Waals surface area contributed by atoms with Crippen LogP contribution in [-0.4, -0.2) is 42.8 Å². The zero-order valence-electron chi connectivity index (χ0n) is 12.2. The topological polar surface area (TPSA) is 35.5 Å². The first-order valence-electron chi connectivity index (χ1n) is 7.35. The Balaban J connectivity index is 2.32. The van der Waals surface area contributed by atoms with Crippen LogP contribution in [0.2, 0.25) is 5.02 Å². The largest absolute Gasteiger partial charge is 0.416 e. The van der Waals surface area contributed by atoms with E-state index in [0.29, 0.717) is 23.4 Å². The normalized spacial score (nSPS) is 18.4. The molecule has 1 heterocycles. The van der Waals surface area contributed by atoms with Crippen LogP contribution in [0.3, 0.4) is 0 Å². The van der Waals surface area contributed by atoms with E-state index in [9.17, 15) is 13.2 Å². The minimum Gasteiger partial charge on any atom is -0.396 e. The summed E-state index contributed by atoms with van der Waals surface area (Å²) in [7, 11) is 0. The molecule has 22 heavy (non-hydrogen) atoms. The fourth-order valence-corrected chi connectivity index (χ4v) is 3.03. The van der Waals surface area contributed by atoms with Gasteiger partial charge in [-0.05, 0) is 36.6 Å². The van der Waals surface area contributed by atoms with Crippen LogP contribution in [0, 0.1) is 0 Å². The lowest BCUT2D eigenvalue weighted by atomic mass is 9.97. The second-order valence-electron chi connectivity index (χ2n) is 5.40. The van der Waals surface area contributed by atoms with E-state index in [-0.39, 0.29) is 12.6 Å². The standard InChI is InChI=1S/C15H20ClF3N2O/c16-13-4-3-11(15(17,18)19)10-12(13)14(2-1-9-22)21-7-5-20-6-8-21/h3-4,10,14,20,22H,1-2,5-9H2/t14-/m1/s1. The van der Waals surface area contributed by atoms with Crippen LogP contribution >= 0.6 is 11.6 Å². The van der Waals surface area contributed by atoms with Crippen LogP contribution < -0.4 is 5.32 Å². The van der Waals surface area contributed by atoms with Gasteiger partial charge in [0.25, 0.3) is 0 Å². The first-order valence-corrected chi connectivity index (χ1v) is 7.73. The number of nitrogens with zero attached hydrogens (tertiary/aromatic N) is 1. The van der Waals surface area contributed by atoms with Gasteiger partial charge in [0.2, 0.25) is 0 Å². The molecule has 2 rings (SSSR count). The number of nitrogens with one attached hydrogen (secondary N) is 1. The Kier molecular flexibility index (Phi) is 6.09. The van der Waals surface area contributed by atoms with Gasteiger partial charge in [0.15, 0.2) is 0 Å². The van der Waals surface area contributed by atoms with Crippen molar-refractivity contribution in [1.82, 2.24) is 10.2 Å². The van der Waals surface area contributed by atoms with Gasteiger partial charge in [0.1, 0.15) is 0 Å². The molecule has 0 spiro atoms. The highest BCUT2D eigenvalue weighted by molar-refractivity contribution is 6.31. The maximum atomic E-state index is 13.0. The van der Waals surface area contributed by atoms with Crippen molar-refractivity contribution in [3.63, 3.8) is 0 Å². The first kappa shape index (κ1) is 17.5. The third kappa shape index (κ3) is 4.35. The molecule has 1 atom stereocenters. The van der Waals surface area contributed by atoms with E-state index in [1.54, 1.807) is 0 Å². The Morgan fingerprint density at radius 2 is 1.95 bits per heavy atom. The van der Waals surface area contributed by atoms with Crippen molar-refractivity contribution in [2.45, 2.75) is 25.1 Å². The minimum atomic E-state index is -4.38. The number of aliphatic hydroxyl groups excluding tert-OH is 1. The molecule has 0 radical (unpaired) electrons. The monoisotopic (exact) mass is 336 g/mol. The summed E-state index contributed by atoms with van der Waals surface area (Å²) in [6.07, 6.45) is -3.27. The summed E-state index contributed by atoms with van der Waals surface area (Å²) in [5.74, 6) is 0. The molecule has 0 saturated carbocycles. The number of alkyl halides is 3. The first-order chi connectivity index (χ1) is 10.4. The van der Waals surface area contributed by atoms with Gasteiger partial charge in [-0.2, -0.15) is 13.2 Å². The smallest absolute Gasteiger partial charge is 0.396 e. The number of hydrogen-bond donors (Lipinski definition) is 2. The zero-order chi connectivity index (χ0) is 16.2. The van der Waals surface area contributed by atoms with Crippen molar-refractivity contribution >= 4 is 11.6 Å². The van der Waals surface area contributed by atoms with Crippen LogP contribution in [0.15, 0.2) is 18.2 Å². The summed E-state index contributed by atoms with van der Waals surface area (Å²) in [4.78, 5) is 2.13. The maximum Gasteiger partial charge on any atom is 0.416 e. The van der Waals surface area contributed by atoms with E-state index in [1.165, 1.54) is 6.07 Å². The van der Waals surface area contributed by atoms with Crippen molar-refractivity contribution in [3.05, 3.63) is 34.3 Å². The molecule has 1 fully saturated rings. The summed E-state index contributed by atoms with van der Waals surface area (Å²) in [6.45, 7) is 3.11. The third-order valence-corrected chi connectivity index (χ3v) is 4.25. The number of rotatable bonds is 5. The van der Waals surface area contributed by atoms with Gasteiger partial charge in [-0.15, -0.1) is 0 Å². The molecule has 0 amide bonds. The van der Waals surface area contributed by atoms with Gasteiger partial charge in [-0.3, -0.25) is 4.90 Å². The molecule has 0 aliphatic carbocycles. The van der Waals surface area contributed by atoms with Crippen LogP contribution in [0.5, 0.6) is 0 Å². The molecule has 7 heteroatoms. The molecule has 1 aromatic rings. The number of aliphatic hydroxyl groups is 1. The quantitative estimate of drug-likeness (QED) is 0.867. The van der Waals surface area contributed by atoms with Crippen LogP contribution in [0.4, 0.5) is 13.2 Å². The van der Waals surface area contributed by atoms with E-state index >= 15 is 0 Å². The minimum absolute atomic E-state index is 0.0131. The van der Waals surface area contributed by atoms with Gasteiger partial charge in [0.05, 0.1) is 5.56 Å². The highest BCUT2D eigenvalue weighted by Gasteiger charge is 2.32. The average molecular weight is 337 g/mol. The van der Waals surface area contributed by atoms with E-state index in [1.807, 2.05) is 0 Å². The van der Waals surface area contributed by atoms with E-state index in [4.69, 9.17) is 16.7 Å². The Morgan fingerprint density at radius 1 is 1.27 bits per heavy atom. The molecule has 1 saturated heterocycles. The summed E-state index contributed by atoms with van der Waals surface area (Å²) >= 11 is 6.17. The van der Waals surface area contributed by atoms with Crippen molar-refractivity contribution in [3.8, 4) is 0 Å². The molecule has 0 bridgehead atoms. The molecule has 0 unspecified atom stereocenters. The summed E-state index contributed by atoms with van der Waals surface area (Å²) in [6, 6.07) is 3.26. The molecule has 1 aromatic carbocycles. The van der Waals surface area contributed by atoms with E-state index in [0.717, 1.165) is 38.3 Å². The number of hydrogen-bond acceptors (Lipinski definition) is 3.